The number of nitrogens with one attached hydrogen (secondary N) is 1. The molecular formula is C13H21N3O2S. The summed E-state index contributed by atoms with van der Waals surface area (Å²) in [5.41, 5.74) is 1.38. The highest BCUT2D eigenvalue weighted by molar-refractivity contribution is 7.10. The molecule has 0 unspecified atom stereocenters. The molecule has 0 aliphatic carbocycles. The summed E-state index contributed by atoms with van der Waals surface area (Å²) in [5.74, 6) is 0.131. The lowest BCUT2D eigenvalue weighted by atomic mass is 10.2. The van der Waals surface area contributed by atoms with E-state index < -0.39 is 0 Å². The summed E-state index contributed by atoms with van der Waals surface area (Å²) in [6.07, 6.45) is 0.427. The lowest BCUT2D eigenvalue weighted by molar-refractivity contribution is -0.130. The van der Waals surface area contributed by atoms with Crippen LogP contribution in [0.2, 0.25) is 0 Å². The van der Waals surface area contributed by atoms with Crippen molar-refractivity contribution in [2.45, 2.75) is 34.1 Å². The molecule has 1 N–H and O–H groups in total. The Labute approximate surface area is 118 Å². The number of ketones is 1. The van der Waals surface area contributed by atoms with E-state index in [1.54, 1.807) is 4.90 Å². The Morgan fingerprint density at radius 2 is 1.95 bits per heavy atom. The van der Waals surface area contributed by atoms with Crippen molar-refractivity contribution in [3.05, 3.63) is 11.3 Å². The third-order valence-electron chi connectivity index (χ3n) is 2.96. The lowest BCUT2D eigenvalue weighted by Gasteiger charge is -2.18. The number of nitrogens with zero attached hydrogens (tertiary/aromatic N) is 2. The largest absolute Gasteiger partial charge is 0.375 e. The van der Waals surface area contributed by atoms with Crippen molar-refractivity contribution in [1.82, 2.24) is 9.27 Å². The molecule has 1 aromatic heterocycles. The van der Waals surface area contributed by atoms with E-state index in [1.807, 2.05) is 20.8 Å². The van der Waals surface area contributed by atoms with Crippen LogP contribution in [0.5, 0.6) is 0 Å². The molecule has 106 valence electrons. The molecule has 6 heteroatoms. The van der Waals surface area contributed by atoms with Gasteiger partial charge in [0.05, 0.1) is 11.3 Å². The molecule has 0 atom stereocenters. The Morgan fingerprint density at radius 3 is 2.47 bits per heavy atom. The van der Waals surface area contributed by atoms with Crippen molar-refractivity contribution in [2.75, 3.05) is 25.0 Å². The maximum absolute atomic E-state index is 11.8. The van der Waals surface area contributed by atoms with Crippen LogP contribution in [0.1, 0.15) is 43.2 Å². The molecule has 1 aromatic rings. The van der Waals surface area contributed by atoms with Crippen LogP contribution in [0.25, 0.3) is 0 Å². The summed E-state index contributed by atoms with van der Waals surface area (Å²) >= 11 is 1.27. The normalized spacial score (nSPS) is 10.3. The van der Waals surface area contributed by atoms with Crippen LogP contribution in [-0.4, -0.2) is 40.6 Å². The van der Waals surface area contributed by atoms with Crippen LogP contribution in [0.4, 0.5) is 5.00 Å². The van der Waals surface area contributed by atoms with Gasteiger partial charge in [0.15, 0.2) is 5.78 Å². The SMILES string of the molecule is CCN(CC)C(=O)CCNc1snc(C)c1C(C)=O. The molecule has 0 bridgehead atoms. The molecule has 0 fully saturated rings. The van der Waals surface area contributed by atoms with Gasteiger partial charge >= 0.3 is 0 Å². The monoisotopic (exact) mass is 283 g/mol. The molecule has 0 saturated carbocycles. The number of carbonyl (C=O) groups excluding carboxylic acids is 2. The standard InChI is InChI=1S/C13H21N3O2S/c1-5-16(6-2)11(18)7-8-14-13-12(10(4)17)9(3)15-19-13/h14H,5-8H2,1-4H3. The topological polar surface area (TPSA) is 62.3 Å². The van der Waals surface area contributed by atoms with Gasteiger partial charge < -0.3 is 10.2 Å². The van der Waals surface area contributed by atoms with Gasteiger partial charge in [0.25, 0.3) is 0 Å². The second kappa shape index (κ2) is 7.23. The first-order valence-electron chi connectivity index (χ1n) is 6.50. The summed E-state index contributed by atoms with van der Waals surface area (Å²) in [5, 5.41) is 3.90. The summed E-state index contributed by atoms with van der Waals surface area (Å²) < 4.78 is 4.17. The lowest BCUT2D eigenvalue weighted by Crippen LogP contribution is -2.31. The molecule has 0 aliphatic heterocycles. The van der Waals surface area contributed by atoms with Gasteiger partial charge in [-0.15, -0.1) is 0 Å². The zero-order chi connectivity index (χ0) is 14.4. The minimum Gasteiger partial charge on any atom is -0.375 e. The van der Waals surface area contributed by atoms with Crippen LogP contribution in [0.3, 0.4) is 0 Å². The maximum Gasteiger partial charge on any atom is 0.224 e. The first-order valence-corrected chi connectivity index (χ1v) is 7.27. The number of carbonyl (C=O) groups is 2. The summed E-state index contributed by atoms with van der Waals surface area (Å²) in [6.45, 7) is 9.27. The molecule has 5 nitrogen and oxygen atoms in total. The number of hydrogen-bond donors (Lipinski definition) is 1. The van der Waals surface area contributed by atoms with Gasteiger partial charge in [-0.2, -0.15) is 4.37 Å². The van der Waals surface area contributed by atoms with E-state index in [9.17, 15) is 9.59 Å². The molecule has 19 heavy (non-hydrogen) atoms. The number of aryl methyl sites for hydroxylation is 1. The van der Waals surface area contributed by atoms with Crippen LogP contribution in [-0.2, 0) is 4.79 Å². The first-order chi connectivity index (χ1) is 9.01. The highest BCUT2D eigenvalue weighted by Crippen LogP contribution is 2.24. The number of amides is 1. The molecule has 1 amide bonds. The van der Waals surface area contributed by atoms with Crippen molar-refractivity contribution in [3.8, 4) is 0 Å². The van der Waals surface area contributed by atoms with Crippen molar-refractivity contribution in [3.63, 3.8) is 0 Å². The Morgan fingerprint density at radius 1 is 1.32 bits per heavy atom. The van der Waals surface area contributed by atoms with E-state index in [-0.39, 0.29) is 11.7 Å². The third kappa shape index (κ3) is 4.02. The van der Waals surface area contributed by atoms with E-state index in [2.05, 4.69) is 9.69 Å². The van der Waals surface area contributed by atoms with E-state index in [4.69, 9.17) is 0 Å². The van der Waals surface area contributed by atoms with E-state index in [0.717, 1.165) is 23.8 Å². The molecule has 0 aromatic carbocycles. The zero-order valence-electron chi connectivity index (χ0n) is 11.9. The Balaban J connectivity index is 2.54. The van der Waals surface area contributed by atoms with Crippen LogP contribution in [0.15, 0.2) is 0 Å². The molecule has 0 aliphatic rings. The number of anilines is 1. The van der Waals surface area contributed by atoms with Crippen molar-refractivity contribution < 1.29 is 9.59 Å². The molecule has 1 rings (SSSR count). The van der Waals surface area contributed by atoms with E-state index in [1.165, 1.54) is 18.5 Å². The van der Waals surface area contributed by atoms with Crippen LogP contribution >= 0.6 is 11.5 Å². The quantitative estimate of drug-likeness (QED) is 0.780. The first kappa shape index (κ1) is 15.6. The number of hydrogen-bond acceptors (Lipinski definition) is 5. The fourth-order valence-corrected chi connectivity index (χ4v) is 2.79. The van der Waals surface area contributed by atoms with Gasteiger partial charge in [-0.3, -0.25) is 9.59 Å². The van der Waals surface area contributed by atoms with Gasteiger partial charge in [0, 0.05) is 26.1 Å². The number of rotatable bonds is 7. The molecule has 0 saturated heterocycles. The second-order valence-electron chi connectivity index (χ2n) is 4.27. The van der Waals surface area contributed by atoms with Gasteiger partial charge in [-0.25, -0.2) is 0 Å². The smallest absolute Gasteiger partial charge is 0.224 e. The van der Waals surface area contributed by atoms with E-state index in [0.29, 0.717) is 18.5 Å². The predicted octanol–water partition coefficient (Wildman–Crippen LogP) is 2.32. The van der Waals surface area contributed by atoms with Crippen LogP contribution in [0, 0.1) is 6.92 Å². The molecular weight excluding hydrogens is 262 g/mol. The zero-order valence-corrected chi connectivity index (χ0v) is 12.8. The minimum atomic E-state index is 0.00354. The number of Topliss-reactive ketones (excluding diaryl/α,β-unsaturated/α-hetero) is 1. The Hall–Kier alpha value is -1.43. The summed E-state index contributed by atoms with van der Waals surface area (Å²) in [4.78, 5) is 25.1. The maximum atomic E-state index is 11.8. The highest BCUT2D eigenvalue weighted by atomic mass is 32.1. The van der Waals surface area contributed by atoms with Crippen LogP contribution < -0.4 is 5.32 Å². The Kier molecular flexibility index (Phi) is 5.95. The molecule has 0 radical (unpaired) electrons. The van der Waals surface area contributed by atoms with Gasteiger partial charge in [0.1, 0.15) is 5.00 Å². The average molecular weight is 283 g/mol. The fourth-order valence-electron chi connectivity index (χ4n) is 1.92. The Bertz CT molecular complexity index is 453. The van der Waals surface area contributed by atoms with Gasteiger partial charge in [-0.05, 0) is 39.2 Å². The summed E-state index contributed by atoms with van der Waals surface area (Å²) in [6, 6.07) is 0. The predicted molar refractivity (Wildman–Crippen MR) is 77.9 cm³/mol. The van der Waals surface area contributed by atoms with Crippen molar-refractivity contribution >= 4 is 28.2 Å². The average Bonchev–Trinajstić information content (AvgIpc) is 2.72. The highest BCUT2D eigenvalue weighted by Gasteiger charge is 2.15. The molecule has 0 spiro atoms. The van der Waals surface area contributed by atoms with Crippen molar-refractivity contribution in [1.29, 1.82) is 0 Å². The van der Waals surface area contributed by atoms with Gasteiger partial charge in [0.2, 0.25) is 5.91 Å². The van der Waals surface area contributed by atoms with E-state index >= 15 is 0 Å². The fraction of sp³-hybridized carbons (Fsp3) is 0.615. The van der Waals surface area contributed by atoms with Crippen molar-refractivity contribution in [2.24, 2.45) is 0 Å². The van der Waals surface area contributed by atoms with Gasteiger partial charge in [-0.1, -0.05) is 0 Å². The second-order valence-corrected chi connectivity index (χ2v) is 5.04. The minimum absolute atomic E-state index is 0.00354. The summed E-state index contributed by atoms with van der Waals surface area (Å²) in [7, 11) is 0. The molecule has 1 heterocycles. The third-order valence-corrected chi connectivity index (χ3v) is 3.85. The number of aromatic nitrogens is 1.